The van der Waals surface area contributed by atoms with Crippen molar-refractivity contribution in [2.45, 2.75) is 18.8 Å². The van der Waals surface area contributed by atoms with Crippen LogP contribution in [0.1, 0.15) is 24.6 Å². The number of fused-ring (bicyclic) bond motifs is 1. The number of hydrogen-bond acceptors (Lipinski definition) is 7. The van der Waals surface area contributed by atoms with Gasteiger partial charge in [-0.2, -0.15) is 0 Å². The first kappa shape index (κ1) is 16.9. The summed E-state index contributed by atoms with van der Waals surface area (Å²) >= 11 is 0. The van der Waals surface area contributed by atoms with Crippen LogP contribution < -0.4 is 5.32 Å². The average Bonchev–Trinajstić information content (AvgIpc) is 3.11. The molecule has 8 heteroatoms. The molecule has 0 saturated carbocycles. The van der Waals surface area contributed by atoms with Gasteiger partial charge in [-0.15, -0.1) is 0 Å². The largest absolute Gasteiger partial charge is 0.316 e. The second-order valence-corrected chi connectivity index (χ2v) is 6.98. The average molecular weight is 372 g/mol. The van der Waals surface area contributed by atoms with E-state index in [1.165, 1.54) is 0 Å². The molecule has 0 amide bonds. The second-order valence-electron chi connectivity index (χ2n) is 6.98. The van der Waals surface area contributed by atoms with Crippen LogP contribution >= 0.6 is 0 Å². The smallest absolute Gasteiger partial charge is 0.180 e. The van der Waals surface area contributed by atoms with E-state index < -0.39 is 0 Å². The van der Waals surface area contributed by atoms with Gasteiger partial charge < -0.3 is 9.88 Å². The molecule has 140 valence electrons. The normalized spacial score (nSPS) is 17.1. The first-order chi connectivity index (χ1) is 13.8. The molecule has 1 aliphatic rings. The number of piperidine rings is 1. The van der Waals surface area contributed by atoms with Gasteiger partial charge in [-0.1, -0.05) is 0 Å². The Morgan fingerprint density at radius 3 is 2.75 bits per heavy atom. The van der Waals surface area contributed by atoms with Gasteiger partial charge in [-0.3, -0.25) is 4.98 Å². The summed E-state index contributed by atoms with van der Waals surface area (Å²) in [6.45, 7) is 1.98. The highest BCUT2D eigenvalue weighted by atomic mass is 15.1. The van der Waals surface area contributed by atoms with Gasteiger partial charge in [-0.05, 0) is 37.6 Å². The molecule has 0 spiro atoms. The zero-order valence-electron chi connectivity index (χ0n) is 15.6. The van der Waals surface area contributed by atoms with Crippen molar-refractivity contribution in [1.29, 1.82) is 0 Å². The van der Waals surface area contributed by atoms with Crippen molar-refractivity contribution in [1.82, 2.24) is 39.8 Å². The number of aromatic nitrogens is 7. The van der Waals surface area contributed by atoms with Crippen LogP contribution in [-0.2, 0) is 7.05 Å². The molecule has 0 radical (unpaired) electrons. The predicted octanol–water partition coefficient (Wildman–Crippen LogP) is 2.35. The van der Waals surface area contributed by atoms with Crippen LogP contribution in [0.25, 0.3) is 34.1 Å². The maximum atomic E-state index is 4.75. The van der Waals surface area contributed by atoms with Crippen molar-refractivity contribution in [3.05, 3.63) is 48.8 Å². The lowest BCUT2D eigenvalue weighted by Crippen LogP contribution is -2.29. The van der Waals surface area contributed by atoms with Crippen molar-refractivity contribution >= 4 is 11.2 Å². The summed E-state index contributed by atoms with van der Waals surface area (Å²) in [6.07, 6.45) is 9.32. The second kappa shape index (κ2) is 7.05. The molecule has 1 N–H and O–H groups in total. The lowest BCUT2D eigenvalue weighted by molar-refractivity contribution is 0.446. The molecule has 4 aromatic rings. The minimum absolute atomic E-state index is 0.340. The molecule has 1 fully saturated rings. The van der Waals surface area contributed by atoms with E-state index in [0.717, 1.165) is 60.0 Å². The third-order valence-corrected chi connectivity index (χ3v) is 5.12. The topological polar surface area (TPSA) is 94.3 Å². The van der Waals surface area contributed by atoms with E-state index in [4.69, 9.17) is 9.97 Å². The van der Waals surface area contributed by atoms with Crippen molar-refractivity contribution < 1.29 is 0 Å². The molecular formula is C20H20N8. The highest BCUT2D eigenvalue weighted by Gasteiger charge is 2.19. The molecular weight excluding hydrogens is 352 g/mol. The molecule has 1 aliphatic heterocycles. The van der Waals surface area contributed by atoms with Crippen LogP contribution in [0.2, 0.25) is 0 Å². The van der Waals surface area contributed by atoms with Gasteiger partial charge in [0.1, 0.15) is 22.9 Å². The zero-order chi connectivity index (χ0) is 18.9. The third-order valence-electron chi connectivity index (χ3n) is 5.12. The third kappa shape index (κ3) is 3.01. The van der Waals surface area contributed by atoms with Gasteiger partial charge in [0, 0.05) is 43.7 Å². The van der Waals surface area contributed by atoms with Gasteiger partial charge in [0.05, 0.1) is 6.20 Å². The predicted molar refractivity (Wildman–Crippen MR) is 105 cm³/mol. The number of hydrogen-bond donors (Lipinski definition) is 1. The molecule has 5 rings (SSSR count). The summed E-state index contributed by atoms with van der Waals surface area (Å²) < 4.78 is 1.98. The Morgan fingerprint density at radius 2 is 1.93 bits per heavy atom. The summed E-state index contributed by atoms with van der Waals surface area (Å²) in [6, 6.07) is 5.73. The summed E-state index contributed by atoms with van der Waals surface area (Å²) in [5, 5.41) is 3.42. The van der Waals surface area contributed by atoms with Gasteiger partial charge in [0.2, 0.25) is 0 Å². The maximum Gasteiger partial charge on any atom is 0.180 e. The molecule has 1 atom stereocenters. The Kier molecular flexibility index (Phi) is 4.25. The summed E-state index contributed by atoms with van der Waals surface area (Å²) in [4.78, 5) is 27.2. The van der Waals surface area contributed by atoms with Crippen molar-refractivity contribution in [2.24, 2.45) is 7.05 Å². The van der Waals surface area contributed by atoms with E-state index in [1.54, 1.807) is 24.8 Å². The van der Waals surface area contributed by atoms with Crippen LogP contribution in [0.5, 0.6) is 0 Å². The van der Waals surface area contributed by atoms with Gasteiger partial charge >= 0.3 is 0 Å². The quantitative estimate of drug-likeness (QED) is 0.590. The fraction of sp³-hybridized carbons (Fsp3) is 0.300. The number of nitrogens with zero attached hydrogens (tertiary/aromatic N) is 7. The SMILES string of the molecule is Cn1c(-c2ccncc2)nc2cnc(-c3ccnc(C4CCCNC4)n3)nc21. The van der Waals surface area contributed by atoms with Crippen molar-refractivity contribution in [3.8, 4) is 22.9 Å². The number of nitrogens with one attached hydrogen (secondary N) is 1. The molecule has 0 aliphatic carbocycles. The Labute approximate surface area is 162 Å². The molecule has 8 nitrogen and oxygen atoms in total. The highest BCUT2D eigenvalue weighted by Crippen LogP contribution is 2.25. The summed E-state index contributed by atoms with van der Waals surface area (Å²) in [7, 11) is 1.96. The fourth-order valence-electron chi connectivity index (χ4n) is 3.63. The van der Waals surface area contributed by atoms with E-state index in [0.29, 0.717) is 11.7 Å². The minimum Gasteiger partial charge on any atom is -0.316 e. The number of aryl methyl sites for hydroxylation is 1. The van der Waals surface area contributed by atoms with E-state index in [1.807, 2.05) is 29.8 Å². The molecule has 1 saturated heterocycles. The molecule has 0 bridgehead atoms. The minimum atomic E-state index is 0.340. The van der Waals surface area contributed by atoms with Crippen LogP contribution in [0.3, 0.4) is 0 Å². The Morgan fingerprint density at radius 1 is 1.04 bits per heavy atom. The highest BCUT2D eigenvalue weighted by molar-refractivity contribution is 5.77. The van der Waals surface area contributed by atoms with Gasteiger partial charge in [0.15, 0.2) is 11.5 Å². The van der Waals surface area contributed by atoms with E-state index in [2.05, 4.69) is 25.3 Å². The summed E-state index contributed by atoms with van der Waals surface area (Å²) in [5.41, 5.74) is 3.26. The maximum absolute atomic E-state index is 4.75. The molecule has 4 aromatic heterocycles. The Bertz CT molecular complexity index is 1120. The van der Waals surface area contributed by atoms with Crippen LogP contribution in [0.15, 0.2) is 43.0 Å². The lowest BCUT2D eigenvalue weighted by atomic mass is 9.99. The lowest BCUT2D eigenvalue weighted by Gasteiger charge is -2.21. The number of pyridine rings is 1. The van der Waals surface area contributed by atoms with Crippen LogP contribution in [-0.4, -0.2) is 47.6 Å². The number of rotatable bonds is 3. The molecule has 1 unspecified atom stereocenters. The first-order valence-electron chi connectivity index (χ1n) is 9.43. The van der Waals surface area contributed by atoms with E-state index in [9.17, 15) is 0 Å². The molecule has 28 heavy (non-hydrogen) atoms. The van der Waals surface area contributed by atoms with E-state index in [-0.39, 0.29) is 0 Å². The standard InChI is InChI=1S/C20H20N8/c1-28-19(13-4-8-21-9-5-13)26-16-12-24-18(27-20(16)28)15-6-10-23-17(25-15)14-3-2-7-22-11-14/h4-6,8-10,12,14,22H,2-3,7,11H2,1H3. The Hall–Kier alpha value is -3.26. The Balaban J connectivity index is 1.54. The van der Waals surface area contributed by atoms with E-state index >= 15 is 0 Å². The molecule has 5 heterocycles. The van der Waals surface area contributed by atoms with Crippen LogP contribution in [0.4, 0.5) is 0 Å². The van der Waals surface area contributed by atoms with Crippen molar-refractivity contribution in [3.63, 3.8) is 0 Å². The van der Waals surface area contributed by atoms with Crippen LogP contribution in [0, 0.1) is 0 Å². The fourth-order valence-corrected chi connectivity index (χ4v) is 3.63. The molecule has 0 aromatic carbocycles. The number of imidazole rings is 1. The van der Waals surface area contributed by atoms with Crippen molar-refractivity contribution in [2.75, 3.05) is 13.1 Å². The monoisotopic (exact) mass is 372 g/mol. The van der Waals surface area contributed by atoms with Gasteiger partial charge in [0.25, 0.3) is 0 Å². The zero-order valence-corrected chi connectivity index (χ0v) is 15.6. The van der Waals surface area contributed by atoms with Gasteiger partial charge in [-0.25, -0.2) is 24.9 Å². The summed E-state index contributed by atoms with van der Waals surface area (Å²) in [5.74, 6) is 2.62. The first-order valence-corrected chi connectivity index (χ1v) is 9.43.